The number of aromatic carboxylic acids is 1. The van der Waals surface area contributed by atoms with Crippen LogP contribution in [0, 0.1) is 20.8 Å². The lowest BCUT2D eigenvalue weighted by Crippen LogP contribution is -1.95. The van der Waals surface area contributed by atoms with Crippen LogP contribution in [0.3, 0.4) is 0 Å². The molecule has 2 rings (SSSR count). The van der Waals surface area contributed by atoms with Gasteiger partial charge in [0, 0.05) is 5.56 Å². The number of nitrogens with zero attached hydrogens (tertiary/aromatic N) is 1. The molecule has 16 heavy (non-hydrogen) atoms. The van der Waals surface area contributed by atoms with Crippen molar-refractivity contribution in [1.29, 1.82) is 0 Å². The lowest BCUT2D eigenvalue weighted by atomic mass is 10.1. The number of carboxylic acid groups (broad SMARTS) is 1. The molecule has 0 fully saturated rings. The van der Waals surface area contributed by atoms with Crippen LogP contribution in [0.1, 0.15) is 27.6 Å². The van der Waals surface area contributed by atoms with Gasteiger partial charge in [0.2, 0.25) is 5.89 Å². The van der Waals surface area contributed by atoms with E-state index < -0.39 is 5.97 Å². The van der Waals surface area contributed by atoms with Gasteiger partial charge in [-0.05, 0) is 20.8 Å². The molecule has 0 aromatic carbocycles. The Morgan fingerprint density at radius 2 is 2.00 bits per heavy atom. The molecule has 5 heteroatoms. The Balaban J connectivity index is 2.54. The van der Waals surface area contributed by atoms with Crippen LogP contribution in [0.15, 0.2) is 15.1 Å². The van der Waals surface area contributed by atoms with Gasteiger partial charge in [-0.25, -0.2) is 9.78 Å². The van der Waals surface area contributed by atoms with Gasteiger partial charge in [0.05, 0.1) is 5.56 Å². The largest absolute Gasteiger partial charge is 0.476 e. The van der Waals surface area contributed by atoms with E-state index in [0.717, 1.165) is 23.2 Å². The van der Waals surface area contributed by atoms with Gasteiger partial charge in [-0.3, -0.25) is 0 Å². The van der Waals surface area contributed by atoms with Gasteiger partial charge in [-0.2, -0.15) is 0 Å². The second kappa shape index (κ2) is 3.52. The average Bonchev–Trinajstić information content (AvgIpc) is 2.74. The molecule has 1 N–H and O–H groups in total. The third kappa shape index (κ3) is 1.50. The van der Waals surface area contributed by atoms with Crippen molar-refractivity contribution in [3.63, 3.8) is 0 Å². The molecule has 0 radical (unpaired) electrons. The van der Waals surface area contributed by atoms with E-state index in [1.807, 2.05) is 13.8 Å². The predicted octanol–water partition coefficient (Wildman–Crippen LogP) is 2.56. The van der Waals surface area contributed by atoms with Crippen molar-refractivity contribution in [3.05, 3.63) is 29.0 Å². The predicted molar refractivity (Wildman–Crippen MR) is 55.4 cm³/mol. The van der Waals surface area contributed by atoms with E-state index >= 15 is 0 Å². The first kappa shape index (κ1) is 10.5. The summed E-state index contributed by atoms with van der Waals surface area (Å²) in [7, 11) is 0. The molecular formula is C11H11NO4. The molecule has 2 heterocycles. The van der Waals surface area contributed by atoms with Crippen molar-refractivity contribution in [2.45, 2.75) is 20.8 Å². The molecule has 0 unspecified atom stereocenters. The highest BCUT2D eigenvalue weighted by Crippen LogP contribution is 2.30. The van der Waals surface area contributed by atoms with Crippen molar-refractivity contribution in [2.24, 2.45) is 0 Å². The number of carbonyl (C=O) groups is 1. The summed E-state index contributed by atoms with van der Waals surface area (Å²) in [5, 5.41) is 8.74. The van der Waals surface area contributed by atoms with Crippen molar-refractivity contribution >= 4 is 5.97 Å². The highest BCUT2D eigenvalue weighted by Gasteiger charge is 2.19. The van der Waals surface area contributed by atoms with Crippen molar-refractivity contribution in [3.8, 4) is 11.5 Å². The second-order valence-electron chi connectivity index (χ2n) is 3.56. The first-order valence-corrected chi connectivity index (χ1v) is 4.76. The lowest BCUT2D eigenvalue weighted by molar-refractivity contribution is 0.0690. The molecule has 0 aliphatic carbocycles. The van der Waals surface area contributed by atoms with Crippen molar-refractivity contribution in [1.82, 2.24) is 4.98 Å². The summed E-state index contributed by atoms with van der Waals surface area (Å²) in [6.45, 7) is 5.51. The van der Waals surface area contributed by atoms with Gasteiger partial charge in [0.1, 0.15) is 17.8 Å². The summed E-state index contributed by atoms with van der Waals surface area (Å²) in [6.07, 6.45) is 1.12. The summed E-state index contributed by atoms with van der Waals surface area (Å²) in [6, 6.07) is 0. The summed E-state index contributed by atoms with van der Waals surface area (Å²) in [5.74, 6) is 0.631. The Kier molecular flexibility index (Phi) is 2.30. The summed E-state index contributed by atoms with van der Waals surface area (Å²) < 4.78 is 10.6. The van der Waals surface area contributed by atoms with Crippen LogP contribution >= 0.6 is 0 Å². The Morgan fingerprint density at radius 1 is 1.31 bits per heavy atom. The molecule has 0 amide bonds. The molecule has 2 aromatic heterocycles. The van der Waals surface area contributed by atoms with Gasteiger partial charge in [0.25, 0.3) is 0 Å². The Bertz CT molecular complexity index is 550. The van der Waals surface area contributed by atoms with Gasteiger partial charge in [0.15, 0.2) is 5.69 Å². The normalized spacial score (nSPS) is 10.7. The highest BCUT2D eigenvalue weighted by atomic mass is 16.4. The quantitative estimate of drug-likeness (QED) is 0.843. The Morgan fingerprint density at radius 3 is 2.44 bits per heavy atom. The smallest absolute Gasteiger partial charge is 0.357 e. The van der Waals surface area contributed by atoms with Gasteiger partial charge >= 0.3 is 5.97 Å². The van der Waals surface area contributed by atoms with Crippen LogP contribution < -0.4 is 0 Å². The fraction of sp³-hybridized carbons (Fsp3) is 0.273. The Labute approximate surface area is 91.7 Å². The van der Waals surface area contributed by atoms with Gasteiger partial charge in [-0.1, -0.05) is 0 Å². The zero-order valence-electron chi connectivity index (χ0n) is 9.20. The standard InChI is InChI=1S/C11H11NO4/c1-5-6(2)16-7(3)9(5)10-12-8(4-15-10)11(13)14/h4H,1-3H3,(H,13,14). The van der Waals surface area contributed by atoms with E-state index in [1.54, 1.807) is 6.92 Å². The molecule has 5 nitrogen and oxygen atoms in total. The van der Waals surface area contributed by atoms with Crippen LogP contribution in [-0.4, -0.2) is 16.1 Å². The minimum Gasteiger partial charge on any atom is -0.476 e. The van der Waals surface area contributed by atoms with Gasteiger partial charge in [-0.15, -0.1) is 0 Å². The molecule has 0 bridgehead atoms. The molecule has 0 saturated heterocycles. The van der Waals surface area contributed by atoms with Crippen LogP contribution in [0.2, 0.25) is 0 Å². The third-order valence-electron chi connectivity index (χ3n) is 2.50. The molecule has 0 saturated carbocycles. The second-order valence-corrected chi connectivity index (χ2v) is 3.56. The van der Waals surface area contributed by atoms with E-state index in [1.165, 1.54) is 0 Å². The topological polar surface area (TPSA) is 76.5 Å². The maximum Gasteiger partial charge on any atom is 0.357 e. The minimum absolute atomic E-state index is 0.104. The van der Waals surface area contributed by atoms with Crippen LogP contribution in [0.5, 0.6) is 0 Å². The van der Waals surface area contributed by atoms with E-state index in [-0.39, 0.29) is 11.6 Å². The number of furan rings is 1. The van der Waals surface area contributed by atoms with E-state index in [9.17, 15) is 4.79 Å². The monoisotopic (exact) mass is 221 g/mol. The maximum atomic E-state index is 10.7. The number of hydrogen-bond donors (Lipinski definition) is 1. The number of oxazole rings is 1. The third-order valence-corrected chi connectivity index (χ3v) is 2.50. The molecule has 84 valence electrons. The van der Waals surface area contributed by atoms with Crippen LogP contribution in [0.25, 0.3) is 11.5 Å². The lowest BCUT2D eigenvalue weighted by Gasteiger charge is -1.93. The number of hydrogen-bond acceptors (Lipinski definition) is 4. The van der Waals surface area contributed by atoms with E-state index in [4.69, 9.17) is 13.9 Å². The molecule has 0 atom stereocenters. The van der Waals surface area contributed by atoms with Crippen LogP contribution in [-0.2, 0) is 0 Å². The average molecular weight is 221 g/mol. The minimum atomic E-state index is -1.11. The van der Waals surface area contributed by atoms with E-state index in [0.29, 0.717) is 5.76 Å². The molecule has 0 aliphatic rings. The van der Waals surface area contributed by atoms with Crippen LogP contribution in [0.4, 0.5) is 0 Å². The SMILES string of the molecule is Cc1oc(C)c(-c2nc(C(=O)O)co2)c1C. The first-order chi connectivity index (χ1) is 7.50. The molecular weight excluding hydrogens is 210 g/mol. The summed E-state index contributed by atoms with van der Waals surface area (Å²) in [4.78, 5) is 14.6. The molecule has 0 spiro atoms. The van der Waals surface area contributed by atoms with Gasteiger partial charge < -0.3 is 13.9 Å². The fourth-order valence-electron chi connectivity index (χ4n) is 1.60. The summed E-state index contributed by atoms with van der Waals surface area (Å²) in [5.41, 5.74) is 1.54. The highest BCUT2D eigenvalue weighted by molar-refractivity contribution is 5.85. The van der Waals surface area contributed by atoms with Crippen molar-refractivity contribution < 1.29 is 18.7 Å². The Hall–Kier alpha value is -2.04. The first-order valence-electron chi connectivity index (χ1n) is 4.76. The fourth-order valence-corrected chi connectivity index (χ4v) is 1.60. The summed E-state index contributed by atoms with van der Waals surface area (Å²) >= 11 is 0. The molecule has 2 aromatic rings. The van der Waals surface area contributed by atoms with Crippen molar-refractivity contribution in [2.75, 3.05) is 0 Å². The number of rotatable bonds is 2. The zero-order chi connectivity index (χ0) is 11.9. The maximum absolute atomic E-state index is 10.7. The van der Waals surface area contributed by atoms with E-state index in [2.05, 4.69) is 4.98 Å². The molecule has 0 aliphatic heterocycles. The zero-order valence-corrected chi connectivity index (χ0v) is 9.20. The number of aromatic nitrogens is 1. The number of aryl methyl sites for hydroxylation is 2. The number of carboxylic acids is 1.